The Labute approximate surface area is 128 Å². The molecule has 0 saturated carbocycles. The van der Waals surface area contributed by atoms with Crippen LogP contribution in [-0.2, 0) is 6.54 Å². The molecule has 0 fully saturated rings. The number of methoxy groups -OCH3 is 2. The van der Waals surface area contributed by atoms with E-state index in [0.29, 0.717) is 23.2 Å². The predicted molar refractivity (Wildman–Crippen MR) is 82.5 cm³/mol. The maximum Gasteiger partial charge on any atom is 0.200 e. The zero-order chi connectivity index (χ0) is 15.4. The third kappa shape index (κ3) is 3.31. The van der Waals surface area contributed by atoms with Crippen LogP contribution < -0.4 is 14.8 Å². The maximum atomic E-state index is 9.89. The van der Waals surface area contributed by atoms with Gasteiger partial charge < -0.3 is 19.9 Å². The zero-order valence-corrected chi connectivity index (χ0v) is 12.9. The van der Waals surface area contributed by atoms with Gasteiger partial charge in [-0.05, 0) is 36.2 Å². The van der Waals surface area contributed by atoms with Crippen LogP contribution in [0.1, 0.15) is 11.1 Å². The van der Waals surface area contributed by atoms with E-state index in [4.69, 9.17) is 21.1 Å². The highest BCUT2D eigenvalue weighted by Gasteiger charge is 2.12. The van der Waals surface area contributed by atoms with Crippen LogP contribution >= 0.6 is 11.6 Å². The average molecular weight is 309 g/mol. The topological polar surface area (TPSA) is 63.6 Å². The quantitative estimate of drug-likeness (QED) is 0.829. The molecule has 2 aromatic rings. The van der Waals surface area contributed by atoms with E-state index in [-0.39, 0.29) is 5.75 Å². The molecule has 0 aliphatic heterocycles. The van der Waals surface area contributed by atoms with Crippen LogP contribution in [0.3, 0.4) is 0 Å². The van der Waals surface area contributed by atoms with Crippen LogP contribution in [0.5, 0.6) is 17.2 Å². The van der Waals surface area contributed by atoms with Crippen LogP contribution in [0.2, 0.25) is 5.15 Å². The lowest BCUT2D eigenvalue weighted by atomic mass is 10.1. The number of anilines is 1. The predicted octanol–water partition coefficient (Wildman–Crippen LogP) is 3.38. The van der Waals surface area contributed by atoms with Crippen molar-refractivity contribution in [3.05, 3.63) is 40.7 Å². The second kappa shape index (κ2) is 6.54. The number of phenols is 1. The number of ether oxygens (including phenoxy) is 2. The van der Waals surface area contributed by atoms with E-state index in [1.54, 1.807) is 18.3 Å². The van der Waals surface area contributed by atoms with Crippen LogP contribution in [0.4, 0.5) is 5.69 Å². The van der Waals surface area contributed by atoms with E-state index in [2.05, 4.69) is 10.3 Å². The fourth-order valence-electron chi connectivity index (χ4n) is 1.98. The molecule has 1 aromatic carbocycles. The fourth-order valence-corrected chi connectivity index (χ4v) is 2.25. The molecule has 0 radical (unpaired) electrons. The summed E-state index contributed by atoms with van der Waals surface area (Å²) in [4.78, 5) is 4.05. The first-order valence-corrected chi connectivity index (χ1v) is 6.73. The maximum absolute atomic E-state index is 9.89. The van der Waals surface area contributed by atoms with Crippen molar-refractivity contribution < 1.29 is 14.6 Å². The summed E-state index contributed by atoms with van der Waals surface area (Å²) < 4.78 is 10.3. The van der Waals surface area contributed by atoms with E-state index in [1.807, 2.05) is 13.0 Å². The first kappa shape index (κ1) is 15.3. The number of halogens is 1. The van der Waals surface area contributed by atoms with Crippen molar-refractivity contribution in [3.63, 3.8) is 0 Å². The van der Waals surface area contributed by atoms with Crippen LogP contribution in [0.15, 0.2) is 24.4 Å². The molecule has 0 atom stereocenters. The second-order valence-corrected chi connectivity index (χ2v) is 4.85. The summed E-state index contributed by atoms with van der Waals surface area (Å²) in [5.74, 6) is 0.708. The van der Waals surface area contributed by atoms with Crippen molar-refractivity contribution in [2.45, 2.75) is 13.5 Å². The minimum Gasteiger partial charge on any atom is -0.502 e. The average Bonchev–Trinajstić information content (AvgIpc) is 2.48. The molecule has 0 bridgehead atoms. The summed E-state index contributed by atoms with van der Waals surface area (Å²) >= 11 is 6.08. The smallest absolute Gasteiger partial charge is 0.200 e. The Morgan fingerprint density at radius 2 is 1.86 bits per heavy atom. The largest absolute Gasteiger partial charge is 0.502 e. The van der Waals surface area contributed by atoms with E-state index in [1.165, 1.54) is 14.2 Å². The molecule has 2 N–H and O–H groups in total. The molecule has 2 rings (SSSR count). The Balaban J connectivity index is 2.24. The normalized spacial score (nSPS) is 10.3. The molecule has 0 unspecified atom stereocenters. The standard InChI is InChI=1S/C15H17ClN2O3/c1-9-4-5-17-15(16)13(9)18-8-10-6-11(20-2)14(19)12(7-10)21-3/h4-7,18-19H,8H2,1-3H3. The summed E-state index contributed by atoms with van der Waals surface area (Å²) in [6, 6.07) is 5.36. The summed E-state index contributed by atoms with van der Waals surface area (Å²) in [5.41, 5.74) is 2.68. The van der Waals surface area contributed by atoms with Crippen LogP contribution in [0, 0.1) is 6.92 Å². The minimum atomic E-state index is -0.0145. The molecule has 21 heavy (non-hydrogen) atoms. The summed E-state index contributed by atoms with van der Waals surface area (Å²) in [5, 5.41) is 13.5. The highest BCUT2D eigenvalue weighted by atomic mass is 35.5. The lowest BCUT2D eigenvalue weighted by Crippen LogP contribution is -2.03. The summed E-state index contributed by atoms with van der Waals surface area (Å²) in [6.07, 6.45) is 1.66. The van der Waals surface area contributed by atoms with Crippen molar-refractivity contribution in [2.24, 2.45) is 0 Å². The van der Waals surface area contributed by atoms with Gasteiger partial charge in [0.2, 0.25) is 5.75 Å². The first-order chi connectivity index (χ1) is 10.1. The SMILES string of the molecule is COc1cc(CNc2c(C)ccnc2Cl)cc(OC)c1O. The van der Waals surface area contributed by atoms with Gasteiger partial charge in [0.1, 0.15) is 0 Å². The lowest BCUT2D eigenvalue weighted by Gasteiger charge is -2.14. The Morgan fingerprint density at radius 3 is 2.38 bits per heavy atom. The van der Waals surface area contributed by atoms with Gasteiger partial charge in [0.25, 0.3) is 0 Å². The number of nitrogens with zero attached hydrogens (tertiary/aromatic N) is 1. The molecule has 5 nitrogen and oxygen atoms in total. The summed E-state index contributed by atoms with van der Waals surface area (Å²) in [6.45, 7) is 2.45. The van der Waals surface area contributed by atoms with Crippen LogP contribution in [-0.4, -0.2) is 24.3 Å². The summed E-state index contributed by atoms with van der Waals surface area (Å²) in [7, 11) is 2.99. The number of aromatic hydroxyl groups is 1. The van der Waals surface area contributed by atoms with E-state index < -0.39 is 0 Å². The van der Waals surface area contributed by atoms with Crippen molar-refractivity contribution in [3.8, 4) is 17.2 Å². The third-order valence-corrected chi connectivity index (χ3v) is 3.41. The van der Waals surface area contributed by atoms with Crippen molar-refractivity contribution in [1.82, 2.24) is 4.98 Å². The van der Waals surface area contributed by atoms with Crippen LogP contribution in [0.25, 0.3) is 0 Å². The third-order valence-electron chi connectivity index (χ3n) is 3.12. The monoisotopic (exact) mass is 308 g/mol. The number of phenolic OH excluding ortho intramolecular Hbond substituents is 1. The molecule has 0 aliphatic carbocycles. The molecule has 112 valence electrons. The van der Waals surface area contributed by atoms with Gasteiger partial charge >= 0.3 is 0 Å². The molecular weight excluding hydrogens is 292 g/mol. The first-order valence-electron chi connectivity index (χ1n) is 6.35. The number of hydrogen-bond donors (Lipinski definition) is 2. The molecule has 0 saturated heterocycles. The fraction of sp³-hybridized carbons (Fsp3) is 0.267. The highest BCUT2D eigenvalue weighted by Crippen LogP contribution is 2.37. The molecule has 6 heteroatoms. The van der Waals surface area contributed by atoms with E-state index in [0.717, 1.165) is 16.8 Å². The Hall–Kier alpha value is -2.14. The number of pyridine rings is 1. The number of aromatic nitrogens is 1. The van der Waals surface area contributed by atoms with Gasteiger partial charge in [-0.1, -0.05) is 11.6 Å². The lowest BCUT2D eigenvalue weighted by molar-refractivity contribution is 0.339. The molecule has 1 heterocycles. The molecule has 0 amide bonds. The van der Waals surface area contributed by atoms with Crippen molar-refractivity contribution in [1.29, 1.82) is 0 Å². The minimum absolute atomic E-state index is 0.0145. The van der Waals surface area contributed by atoms with E-state index >= 15 is 0 Å². The van der Waals surface area contributed by atoms with Crippen molar-refractivity contribution in [2.75, 3.05) is 19.5 Å². The Morgan fingerprint density at radius 1 is 1.24 bits per heavy atom. The van der Waals surface area contributed by atoms with Crippen molar-refractivity contribution >= 4 is 17.3 Å². The van der Waals surface area contributed by atoms with E-state index in [9.17, 15) is 5.11 Å². The number of nitrogens with one attached hydrogen (secondary N) is 1. The second-order valence-electron chi connectivity index (χ2n) is 4.50. The van der Waals surface area contributed by atoms with Gasteiger partial charge in [-0.2, -0.15) is 0 Å². The van der Waals surface area contributed by atoms with Gasteiger partial charge in [0.05, 0.1) is 19.9 Å². The Kier molecular flexibility index (Phi) is 4.75. The van der Waals surface area contributed by atoms with Gasteiger partial charge in [-0.15, -0.1) is 0 Å². The molecule has 1 aromatic heterocycles. The Bertz CT molecular complexity index is 602. The number of benzene rings is 1. The molecule has 0 aliphatic rings. The highest BCUT2D eigenvalue weighted by molar-refractivity contribution is 6.32. The molecular formula is C15H17ClN2O3. The van der Waals surface area contributed by atoms with Gasteiger partial charge in [0, 0.05) is 12.7 Å². The number of hydrogen-bond acceptors (Lipinski definition) is 5. The van der Waals surface area contributed by atoms with Gasteiger partial charge in [0.15, 0.2) is 16.7 Å². The van der Waals surface area contributed by atoms with Gasteiger partial charge in [-0.3, -0.25) is 0 Å². The molecule has 0 spiro atoms. The number of aryl methyl sites for hydroxylation is 1. The zero-order valence-electron chi connectivity index (χ0n) is 12.1. The number of rotatable bonds is 5. The van der Waals surface area contributed by atoms with Gasteiger partial charge in [-0.25, -0.2) is 4.98 Å².